The lowest BCUT2D eigenvalue weighted by Gasteiger charge is -2.32. The van der Waals surface area contributed by atoms with Crippen LogP contribution in [0, 0.1) is 5.92 Å². The number of fused-ring (bicyclic) bond motifs is 5. The Morgan fingerprint density at radius 2 is 2.00 bits per heavy atom. The molecular weight excluding hydrogens is 340 g/mol. The first-order chi connectivity index (χ1) is 12.6. The number of aromatic amines is 1. The summed E-state index contributed by atoms with van der Waals surface area (Å²) in [6.07, 6.45) is 1.30. The minimum absolute atomic E-state index is 0.239. The Morgan fingerprint density at radius 3 is 2.77 bits per heavy atom. The number of benzene rings is 1. The molecule has 26 heavy (non-hydrogen) atoms. The normalized spacial score (nSPS) is 28.6. The molecule has 1 aliphatic carbocycles. The molecule has 1 N–H and O–H groups in total. The third-order valence-electron chi connectivity index (χ3n) is 5.02. The molecule has 0 radical (unpaired) electrons. The van der Waals surface area contributed by atoms with Gasteiger partial charge in [0.1, 0.15) is 6.10 Å². The van der Waals surface area contributed by atoms with Gasteiger partial charge in [-0.25, -0.2) is 9.86 Å². The summed E-state index contributed by atoms with van der Waals surface area (Å²) >= 11 is 0. The Labute approximate surface area is 146 Å². The topological polar surface area (TPSA) is 106 Å². The minimum atomic E-state index is -0.592. The molecule has 2 fully saturated rings. The number of hydrogen-bond donors (Lipinski definition) is 1. The fraction of sp³-hybridized carbons (Fsp3) is 0.294. The molecule has 4 atom stereocenters. The number of carbonyl (C=O) groups is 1. The number of H-pyrrole nitrogens is 1. The molecule has 2 aromatic rings. The van der Waals surface area contributed by atoms with Crippen LogP contribution in [0.1, 0.15) is 16.8 Å². The maximum absolute atomic E-state index is 12.8. The molecule has 1 saturated carbocycles. The third-order valence-corrected chi connectivity index (χ3v) is 5.02. The second kappa shape index (κ2) is 5.40. The van der Waals surface area contributed by atoms with Crippen molar-refractivity contribution in [2.75, 3.05) is 0 Å². The molecular formula is C17H14N4O5. The Kier molecular flexibility index (Phi) is 3.13. The average molecular weight is 354 g/mol. The summed E-state index contributed by atoms with van der Waals surface area (Å²) in [5, 5.41) is 5.39. The summed E-state index contributed by atoms with van der Waals surface area (Å²) in [5.41, 5.74) is -0.556. The number of hydrogen-bond acceptors (Lipinski definition) is 6. The van der Waals surface area contributed by atoms with Crippen LogP contribution < -0.4 is 11.2 Å². The van der Waals surface area contributed by atoms with Crippen molar-refractivity contribution in [1.29, 1.82) is 0 Å². The summed E-state index contributed by atoms with van der Waals surface area (Å²) in [5.74, 6) is -0.167. The lowest BCUT2D eigenvalue weighted by atomic mass is 9.98. The van der Waals surface area contributed by atoms with E-state index in [4.69, 9.17) is 9.68 Å². The lowest BCUT2D eigenvalue weighted by molar-refractivity contribution is -0.196. The number of rotatable bonds is 1. The SMILES string of the molecule is O=C(c1ccccc1)N1O[C@H]2C[C@@H]1[C@@H]1C(n3ccc(=O)[nH]c3=O)=NO[C@@H]12. The van der Waals surface area contributed by atoms with Crippen LogP contribution in [0.4, 0.5) is 0 Å². The number of amides is 1. The molecule has 1 aromatic heterocycles. The Hall–Kier alpha value is -3.20. The van der Waals surface area contributed by atoms with Gasteiger partial charge in [-0.15, -0.1) is 0 Å². The number of nitrogens with zero attached hydrogens (tertiary/aromatic N) is 3. The van der Waals surface area contributed by atoms with Crippen LogP contribution in [0.3, 0.4) is 0 Å². The van der Waals surface area contributed by atoms with Crippen molar-refractivity contribution in [1.82, 2.24) is 14.6 Å². The predicted octanol–water partition coefficient (Wildman–Crippen LogP) is -0.0583. The standard InChI is InChI=1S/C17H14N4O5/c22-12-6-7-20(17(24)18-12)15-13-10-8-11(14(13)25-19-15)26-21(10)16(23)9-4-2-1-3-5-9/h1-7,10-11,13-14H,8H2,(H,18,22,24)/t10-,11+,13+,14-/m1/s1. The van der Waals surface area contributed by atoms with Crippen molar-refractivity contribution in [2.45, 2.75) is 24.7 Å². The second-order valence-electron chi connectivity index (χ2n) is 6.47. The van der Waals surface area contributed by atoms with Crippen molar-refractivity contribution in [2.24, 2.45) is 11.1 Å². The number of carbonyl (C=O) groups excluding carboxylic acids is 1. The first-order valence-electron chi connectivity index (χ1n) is 8.25. The van der Waals surface area contributed by atoms with Crippen molar-refractivity contribution in [3.63, 3.8) is 0 Å². The summed E-state index contributed by atoms with van der Waals surface area (Å²) in [7, 11) is 0. The van der Waals surface area contributed by atoms with E-state index >= 15 is 0 Å². The molecule has 132 valence electrons. The molecule has 3 heterocycles. The van der Waals surface area contributed by atoms with Gasteiger partial charge >= 0.3 is 5.69 Å². The molecule has 1 amide bonds. The number of nitrogens with one attached hydrogen (secondary N) is 1. The van der Waals surface area contributed by atoms with Gasteiger partial charge in [0.25, 0.3) is 11.5 Å². The minimum Gasteiger partial charge on any atom is -0.387 e. The first kappa shape index (κ1) is 15.1. The molecule has 2 aliphatic heterocycles. The van der Waals surface area contributed by atoms with Gasteiger partial charge < -0.3 is 4.84 Å². The largest absolute Gasteiger partial charge is 0.387 e. The van der Waals surface area contributed by atoms with Crippen LogP contribution in [0.15, 0.2) is 57.3 Å². The fourth-order valence-electron chi connectivity index (χ4n) is 3.87. The van der Waals surface area contributed by atoms with Gasteiger partial charge in [-0.2, -0.15) is 0 Å². The van der Waals surface area contributed by atoms with Crippen LogP contribution in [-0.2, 0) is 9.68 Å². The zero-order chi connectivity index (χ0) is 17.8. The average Bonchev–Trinajstić information content (AvgIpc) is 3.34. The molecule has 5 rings (SSSR count). The molecule has 0 unspecified atom stereocenters. The smallest absolute Gasteiger partial charge is 0.333 e. The molecule has 3 aliphatic rings. The van der Waals surface area contributed by atoms with E-state index in [-0.39, 0.29) is 30.1 Å². The highest BCUT2D eigenvalue weighted by Crippen LogP contribution is 2.45. The molecule has 9 heteroatoms. The van der Waals surface area contributed by atoms with Crippen LogP contribution >= 0.6 is 0 Å². The molecule has 2 bridgehead atoms. The van der Waals surface area contributed by atoms with Gasteiger partial charge in [-0.05, 0) is 12.1 Å². The van der Waals surface area contributed by atoms with E-state index in [9.17, 15) is 14.4 Å². The van der Waals surface area contributed by atoms with Crippen molar-refractivity contribution >= 4 is 11.7 Å². The predicted molar refractivity (Wildman–Crippen MR) is 88.4 cm³/mol. The van der Waals surface area contributed by atoms with Gasteiger partial charge in [0.2, 0.25) is 0 Å². The van der Waals surface area contributed by atoms with Crippen molar-refractivity contribution < 1.29 is 14.5 Å². The monoisotopic (exact) mass is 354 g/mol. The highest BCUT2D eigenvalue weighted by Gasteiger charge is 2.61. The van der Waals surface area contributed by atoms with Crippen LogP contribution in [0.25, 0.3) is 0 Å². The zero-order valence-electron chi connectivity index (χ0n) is 13.4. The van der Waals surface area contributed by atoms with E-state index in [1.807, 2.05) is 6.07 Å². The number of hydroxylamine groups is 2. The van der Waals surface area contributed by atoms with E-state index in [0.717, 1.165) is 0 Å². The molecule has 0 spiro atoms. The number of aromatic nitrogens is 2. The highest BCUT2D eigenvalue weighted by atomic mass is 16.7. The summed E-state index contributed by atoms with van der Waals surface area (Å²) in [4.78, 5) is 49.6. The Morgan fingerprint density at radius 1 is 1.19 bits per heavy atom. The highest BCUT2D eigenvalue weighted by molar-refractivity contribution is 5.95. The zero-order valence-corrected chi connectivity index (χ0v) is 13.4. The lowest BCUT2D eigenvalue weighted by Crippen LogP contribution is -2.51. The van der Waals surface area contributed by atoms with E-state index in [0.29, 0.717) is 17.8 Å². The van der Waals surface area contributed by atoms with Gasteiger partial charge in [0.05, 0.1) is 12.0 Å². The molecule has 1 aromatic carbocycles. The summed E-state index contributed by atoms with van der Waals surface area (Å²) in [6, 6.07) is 9.81. The van der Waals surface area contributed by atoms with Gasteiger partial charge in [-0.3, -0.25) is 24.0 Å². The summed E-state index contributed by atoms with van der Waals surface area (Å²) in [6.45, 7) is 0. The van der Waals surface area contributed by atoms with Gasteiger partial charge in [-0.1, -0.05) is 23.4 Å². The maximum Gasteiger partial charge on any atom is 0.333 e. The van der Waals surface area contributed by atoms with E-state index in [1.54, 1.807) is 24.3 Å². The van der Waals surface area contributed by atoms with Crippen LogP contribution in [0.5, 0.6) is 0 Å². The Bertz CT molecular complexity index is 1030. The Balaban J connectivity index is 1.49. The van der Waals surface area contributed by atoms with E-state index < -0.39 is 11.2 Å². The molecule has 1 saturated heterocycles. The quantitative estimate of drug-likeness (QED) is 0.772. The third kappa shape index (κ3) is 2.07. The maximum atomic E-state index is 12.8. The second-order valence-corrected chi connectivity index (χ2v) is 6.47. The summed E-state index contributed by atoms with van der Waals surface area (Å²) < 4.78 is 1.25. The van der Waals surface area contributed by atoms with Crippen molar-refractivity contribution in [3.05, 3.63) is 69.0 Å². The fourth-order valence-corrected chi connectivity index (χ4v) is 3.87. The van der Waals surface area contributed by atoms with E-state index in [1.165, 1.54) is 21.9 Å². The van der Waals surface area contributed by atoms with Gasteiger partial charge in [0, 0.05) is 24.2 Å². The van der Waals surface area contributed by atoms with E-state index in [2.05, 4.69) is 10.1 Å². The van der Waals surface area contributed by atoms with Crippen LogP contribution in [0.2, 0.25) is 0 Å². The van der Waals surface area contributed by atoms with Crippen molar-refractivity contribution in [3.8, 4) is 0 Å². The first-order valence-corrected chi connectivity index (χ1v) is 8.25. The van der Waals surface area contributed by atoms with Crippen LogP contribution in [-0.4, -0.2) is 44.6 Å². The van der Waals surface area contributed by atoms with Gasteiger partial charge in [0.15, 0.2) is 11.9 Å². The molecule has 9 nitrogen and oxygen atoms in total. The number of oxime groups is 1.